The molecular weight excluding hydrogens is 142 g/mol. The second-order valence-electron chi connectivity index (χ2n) is 2.72. The molecule has 0 rings (SSSR count). The zero-order valence-electron chi connectivity index (χ0n) is 7.15. The van der Waals surface area contributed by atoms with Crippen LogP contribution in [0.1, 0.15) is 27.2 Å². The smallest absolute Gasteiger partial charge is 0.0759 e. The van der Waals surface area contributed by atoms with E-state index in [9.17, 15) is 0 Å². The van der Waals surface area contributed by atoms with Crippen molar-refractivity contribution >= 4 is 19.0 Å². The van der Waals surface area contributed by atoms with Crippen LogP contribution in [0.15, 0.2) is 0 Å². The third-order valence-electron chi connectivity index (χ3n) is 1.65. The van der Waals surface area contributed by atoms with E-state index in [1.807, 2.05) is 0 Å². The van der Waals surface area contributed by atoms with Crippen LogP contribution >= 0.6 is 0 Å². The van der Waals surface area contributed by atoms with Crippen molar-refractivity contribution in [2.24, 2.45) is 0 Å². The minimum atomic E-state index is 0.242. The van der Waals surface area contributed by atoms with Gasteiger partial charge in [-0.05, 0) is 19.0 Å². The normalized spacial score (nSPS) is 13.0. The summed E-state index contributed by atoms with van der Waals surface area (Å²) < 4.78 is 2.67. The number of rotatable bonds is 4. The zero-order chi connectivity index (χ0) is 7.28. The second kappa shape index (κ2) is 5.20. The van der Waals surface area contributed by atoms with Crippen LogP contribution in [0, 0.1) is 0 Å². The van der Waals surface area contributed by atoms with Crippen molar-refractivity contribution < 1.29 is 0 Å². The molecule has 3 heteroatoms. The Morgan fingerprint density at radius 1 is 1.56 bits per heavy atom. The Hall–Kier alpha value is 0.394. The van der Waals surface area contributed by atoms with Crippen molar-refractivity contribution in [3.8, 4) is 0 Å². The molecule has 0 spiro atoms. The van der Waals surface area contributed by atoms with Crippen LogP contribution in [0.2, 0.25) is 0 Å². The predicted molar refractivity (Wildman–Crippen MR) is 50.6 cm³/mol. The highest BCUT2D eigenvalue weighted by Gasteiger charge is 2.03. The van der Waals surface area contributed by atoms with Gasteiger partial charge in [-0.15, -0.1) is 0 Å². The lowest BCUT2D eigenvalue weighted by Crippen LogP contribution is -2.35. The highest BCUT2D eigenvalue weighted by Crippen LogP contribution is 1.94. The molecule has 0 aromatic rings. The molecule has 0 N–H and O–H groups in total. The van der Waals surface area contributed by atoms with E-state index in [0.717, 1.165) is 6.04 Å². The zero-order valence-corrected chi connectivity index (χ0v) is 10.6. The molecule has 0 amide bonds. The molecule has 56 valence electrons. The third kappa shape index (κ3) is 3.89. The first kappa shape index (κ1) is 9.39. The fourth-order valence-corrected chi connectivity index (χ4v) is 5.57. The van der Waals surface area contributed by atoms with Crippen LogP contribution in [-0.2, 0) is 0 Å². The van der Waals surface area contributed by atoms with Crippen LogP contribution in [0.25, 0.3) is 0 Å². The van der Waals surface area contributed by atoms with Gasteiger partial charge in [0.1, 0.15) is 0 Å². The minimum absolute atomic E-state index is 0.242. The number of hydrogen-bond donors (Lipinski definition) is 0. The van der Waals surface area contributed by atoms with E-state index < -0.39 is 0 Å². The lowest BCUT2D eigenvalue weighted by atomic mass is 10.4. The van der Waals surface area contributed by atoms with Gasteiger partial charge in [0.15, 0.2) is 0 Å². The maximum Gasteiger partial charge on any atom is 0.0759 e. The highest BCUT2D eigenvalue weighted by molar-refractivity contribution is 6.87. The maximum absolute atomic E-state index is 2.67. The number of nitrogens with zero attached hydrogens (tertiary/aromatic N) is 1. The van der Waals surface area contributed by atoms with Crippen LogP contribution in [0.5, 0.6) is 0 Å². The minimum Gasteiger partial charge on any atom is -0.330 e. The van der Waals surface area contributed by atoms with Gasteiger partial charge in [-0.3, -0.25) is 0 Å². The van der Waals surface area contributed by atoms with Gasteiger partial charge in [-0.2, -0.15) is 0 Å². The molecule has 0 saturated heterocycles. The highest BCUT2D eigenvalue weighted by atomic mass is 29.1. The largest absolute Gasteiger partial charge is 0.330 e. The van der Waals surface area contributed by atoms with Gasteiger partial charge in [0.2, 0.25) is 0 Å². The lowest BCUT2D eigenvalue weighted by molar-refractivity contribution is 0.377. The van der Waals surface area contributed by atoms with Gasteiger partial charge < -0.3 is 4.57 Å². The van der Waals surface area contributed by atoms with Crippen LogP contribution in [-0.4, -0.2) is 36.1 Å². The van der Waals surface area contributed by atoms with Crippen molar-refractivity contribution in [3.63, 3.8) is 0 Å². The van der Waals surface area contributed by atoms with E-state index in [1.165, 1.54) is 22.7 Å². The molecule has 0 aliphatic heterocycles. The van der Waals surface area contributed by atoms with Gasteiger partial charge in [0.25, 0.3) is 0 Å². The monoisotopic (exact) mass is 161 g/mol. The third-order valence-corrected chi connectivity index (χ3v) is 5.94. The van der Waals surface area contributed by atoms with Crippen LogP contribution < -0.4 is 0 Å². The number of hydrogen-bond acceptors (Lipinski definition) is 1. The molecule has 9 heavy (non-hydrogen) atoms. The Morgan fingerprint density at radius 3 is 2.22 bits per heavy atom. The van der Waals surface area contributed by atoms with Crippen molar-refractivity contribution in [3.05, 3.63) is 0 Å². The summed E-state index contributed by atoms with van der Waals surface area (Å²) in [4.78, 5) is 0. The summed E-state index contributed by atoms with van der Waals surface area (Å²) >= 11 is 0. The lowest BCUT2D eigenvalue weighted by Gasteiger charge is -2.23. The molecule has 0 atom stereocenters. The first-order chi connectivity index (χ1) is 4.22. The molecule has 0 fully saturated rings. The van der Waals surface area contributed by atoms with E-state index in [4.69, 9.17) is 0 Å². The van der Waals surface area contributed by atoms with Crippen molar-refractivity contribution in [2.75, 3.05) is 6.54 Å². The fraction of sp³-hybridized carbons (Fsp3) is 1.00. The van der Waals surface area contributed by atoms with Gasteiger partial charge in [-0.1, -0.05) is 20.8 Å². The molecule has 0 unspecified atom stereocenters. The molecule has 0 aliphatic rings. The predicted octanol–water partition coefficient (Wildman–Crippen LogP) is -0.529. The summed E-state index contributed by atoms with van der Waals surface area (Å²) in [5, 5.41) is 0. The van der Waals surface area contributed by atoms with Gasteiger partial charge in [0, 0.05) is 9.76 Å². The van der Waals surface area contributed by atoms with Gasteiger partial charge in [-0.25, -0.2) is 0 Å². The molecule has 0 aromatic heterocycles. The summed E-state index contributed by atoms with van der Waals surface area (Å²) in [6, 6.07) is 0.814. The van der Waals surface area contributed by atoms with Crippen LogP contribution in [0.3, 0.4) is 0 Å². The summed E-state index contributed by atoms with van der Waals surface area (Å²) in [5.41, 5.74) is 0. The molecule has 0 aromatic carbocycles. The SMILES string of the molecule is CCCN([SiH2][SiH3])C(C)C. The van der Waals surface area contributed by atoms with Gasteiger partial charge in [0.05, 0.1) is 9.20 Å². The fourth-order valence-electron chi connectivity index (χ4n) is 1.07. The van der Waals surface area contributed by atoms with E-state index in [2.05, 4.69) is 25.3 Å². The average Bonchev–Trinajstić information content (AvgIpc) is 1.82. The molecule has 1 nitrogen and oxygen atoms in total. The van der Waals surface area contributed by atoms with E-state index in [1.54, 1.807) is 0 Å². The van der Waals surface area contributed by atoms with E-state index in [-0.39, 0.29) is 9.20 Å². The Morgan fingerprint density at radius 2 is 2.11 bits per heavy atom. The van der Waals surface area contributed by atoms with Crippen LogP contribution in [0.4, 0.5) is 0 Å². The first-order valence-electron chi connectivity index (χ1n) is 3.96. The van der Waals surface area contributed by atoms with E-state index >= 15 is 0 Å². The Kier molecular flexibility index (Phi) is 5.43. The molecule has 0 saturated carbocycles. The summed E-state index contributed by atoms with van der Waals surface area (Å²) in [5.74, 6) is 0. The average molecular weight is 161 g/mol. The molecule has 0 heterocycles. The molecule has 0 bridgehead atoms. The van der Waals surface area contributed by atoms with Crippen molar-refractivity contribution in [1.29, 1.82) is 0 Å². The molecular formula is C6H19NSi2. The topological polar surface area (TPSA) is 3.24 Å². The standard InChI is InChI=1S/C6H19NSi2/c1-4-5-7(9-8)6(2)3/h6H,4-5,9H2,1-3,8H3. The summed E-state index contributed by atoms with van der Waals surface area (Å²) in [7, 11) is 1.69. The Bertz CT molecular complexity index is 66.1. The van der Waals surface area contributed by atoms with E-state index in [0.29, 0.717) is 0 Å². The molecule has 0 aliphatic carbocycles. The van der Waals surface area contributed by atoms with Gasteiger partial charge >= 0.3 is 0 Å². The Labute approximate surface area is 63.9 Å². The molecule has 0 radical (unpaired) electrons. The Balaban J connectivity index is 3.41. The second-order valence-corrected chi connectivity index (χ2v) is 6.06. The summed E-state index contributed by atoms with van der Waals surface area (Å²) in [6.07, 6.45) is 1.33. The summed E-state index contributed by atoms with van der Waals surface area (Å²) in [6.45, 7) is 8.22. The first-order valence-corrected chi connectivity index (χ1v) is 10.2. The maximum atomic E-state index is 2.67. The van der Waals surface area contributed by atoms with Crippen molar-refractivity contribution in [2.45, 2.75) is 33.2 Å². The van der Waals surface area contributed by atoms with Crippen molar-refractivity contribution in [1.82, 2.24) is 4.57 Å². The quantitative estimate of drug-likeness (QED) is 0.501.